The lowest BCUT2D eigenvalue weighted by atomic mass is 10.0. The predicted molar refractivity (Wildman–Crippen MR) is 82.3 cm³/mol. The molecule has 2 aliphatic heterocycles. The van der Waals surface area contributed by atoms with E-state index < -0.39 is 0 Å². The molecule has 1 fully saturated rings. The van der Waals surface area contributed by atoms with E-state index >= 15 is 0 Å². The van der Waals surface area contributed by atoms with Gasteiger partial charge in [-0.25, -0.2) is 0 Å². The fourth-order valence-electron chi connectivity index (χ4n) is 3.21. The van der Waals surface area contributed by atoms with Crippen LogP contribution in [0.2, 0.25) is 0 Å². The van der Waals surface area contributed by atoms with Crippen LogP contribution in [0.4, 0.5) is 11.4 Å². The van der Waals surface area contributed by atoms with Crippen molar-refractivity contribution >= 4 is 23.2 Å². The molecule has 2 amide bonds. The number of likely N-dealkylation sites (tertiary alicyclic amines) is 1. The SMILES string of the molecule is Nc1cc2c(cc1N)C(=O)N(C1CCN(CCO)CC1)C2=O. The highest BCUT2D eigenvalue weighted by Crippen LogP contribution is 2.32. The van der Waals surface area contributed by atoms with Crippen LogP contribution >= 0.6 is 0 Å². The van der Waals surface area contributed by atoms with Gasteiger partial charge in [0, 0.05) is 25.7 Å². The fraction of sp³-hybridized carbons (Fsp3) is 0.467. The Morgan fingerprint density at radius 3 is 2.00 bits per heavy atom. The number of fused-ring (bicyclic) bond motifs is 1. The largest absolute Gasteiger partial charge is 0.397 e. The van der Waals surface area contributed by atoms with Crippen molar-refractivity contribution in [1.82, 2.24) is 9.80 Å². The van der Waals surface area contributed by atoms with Crippen molar-refractivity contribution in [2.75, 3.05) is 37.7 Å². The molecule has 7 heteroatoms. The third kappa shape index (κ3) is 2.32. The molecule has 2 heterocycles. The Labute approximate surface area is 128 Å². The third-order valence-electron chi connectivity index (χ3n) is 4.46. The summed E-state index contributed by atoms with van der Waals surface area (Å²) in [4.78, 5) is 28.5. The molecule has 0 radical (unpaired) electrons. The molecule has 0 atom stereocenters. The molecule has 118 valence electrons. The number of aliphatic hydroxyl groups is 1. The van der Waals surface area contributed by atoms with Crippen molar-refractivity contribution < 1.29 is 14.7 Å². The minimum Gasteiger partial charge on any atom is -0.397 e. The van der Waals surface area contributed by atoms with E-state index in [4.69, 9.17) is 16.6 Å². The highest BCUT2D eigenvalue weighted by molar-refractivity contribution is 6.22. The number of hydrogen-bond acceptors (Lipinski definition) is 6. The van der Waals surface area contributed by atoms with Gasteiger partial charge in [-0.3, -0.25) is 14.5 Å². The number of aliphatic hydroxyl groups excluding tert-OH is 1. The summed E-state index contributed by atoms with van der Waals surface area (Å²) >= 11 is 0. The van der Waals surface area contributed by atoms with Gasteiger partial charge in [0.2, 0.25) is 0 Å². The van der Waals surface area contributed by atoms with Crippen molar-refractivity contribution in [3.63, 3.8) is 0 Å². The van der Waals surface area contributed by atoms with Crippen molar-refractivity contribution in [3.05, 3.63) is 23.3 Å². The Morgan fingerprint density at radius 1 is 1.05 bits per heavy atom. The molecule has 0 spiro atoms. The zero-order chi connectivity index (χ0) is 15.9. The molecule has 1 aromatic carbocycles. The molecule has 0 unspecified atom stereocenters. The topological polar surface area (TPSA) is 113 Å². The zero-order valence-electron chi connectivity index (χ0n) is 12.3. The van der Waals surface area contributed by atoms with E-state index in [1.54, 1.807) is 0 Å². The molecule has 1 saturated heterocycles. The molecule has 0 bridgehead atoms. The van der Waals surface area contributed by atoms with Gasteiger partial charge in [0.25, 0.3) is 11.8 Å². The van der Waals surface area contributed by atoms with E-state index in [1.807, 2.05) is 0 Å². The fourth-order valence-corrected chi connectivity index (χ4v) is 3.21. The number of hydrogen-bond donors (Lipinski definition) is 3. The quantitative estimate of drug-likeness (QED) is 0.531. The lowest BCUT2D eigenvalue weighted by Gasteiger charge is -2.35. The average molecular weight is 304 g/mol. The molecule has 0 aliphatic carbocycles. The number of nitrogen functional groups attached to an aromatic ring is 2. The molecule has 7 nitrogen and oxygen atoms in total. The summed E-state index contributed by atoms with van der Waals surface area (Å²) in [5.74, 6) is -0.570. The summed E-state index contributed by atoms with van der Waals surface area (Å²) in [6.45, 7) is 2.28. The van der Waals surface area contributed by atoms with Gasteiger partial charge in [-0.05, 0) is 25.0 Å². The van der Waals surface area contributed by atoms with Crippen LogP contribution in [0, 0.1) is 0 Å². The molecule has 2 aliphatic rings. The summed E-state index contributed by atoms with van der Waals surface area (Å²) in [6.07, 6.45) is 1.44. The van der Waals surface area contributed by atoms with Crippen LogP contribution in [0.3, 0.4) is 0 Å². The summed E-state index contributed by atoms with van der Waals surface area (Å²) in [6, 6.07) is 2.88. The maximum absolute atomic E-state index is 12.5. The third-order valence-corrected chi connectivity index (χ3v) is 4.46. The van der Waals surface area contributed by atoms with Gasteiger partial charge in [0.1, 0.15) is 0 Å². The molecule has 0 aromatic heterocycles. The van der Waals surface area contributed by atoms with Crippen LogP contribution in [0.5, 0.6) is 0 Å². The normalized spacial score (nSPS) is 19.8. The first-order valence-electron chi connectivity index (χ1n) is 7.43. The van der Waals surface area contributed by atoms with Crippen LogP contribution in [0.1, 0.15) is 33.6 Å². The van der Waals surface area contributed by atoms with E-state index in [1.165, 1.54) is 17.0 Å². The Morgan fingerprint density at radius 2 is 1.55 bits per heavy atom. The minimum atomic E-state index is -0.285. The van der Waals surface area contributed by atoms with Gasteiger partial charge in [-0.1, -0.05) is 0 Å². The minimum absolute atomic E-state index is 0.107. The van der Waals surface area contributed by atoms with Gasteiger partial charge in [-0.15, -0.1) is 0 Å². The molecule has 22 heavy (non-hydrogen) atoms. The van der Waals surface area contributed by atoms with E-state index in [0.717, 1.165) is 25.9 Å². The molecule has 0 saturated carbocycles. The van der Waals surface area contributed by atoms with Crippen molar-refractivity contribution in [2.45, 2.75) is 18.9 Å². The first-order chi connectivity index (χ1) is 10.5. The number of nitrogens with zero attached hydrogens (tertiary/aromatic N) is 2. The number of piperidine rings is 1. The molecular formula is C15H20N4O3. The van der Waals surface area contributed by atoms with Crippen LogP contribution in [0.15, 0.2) is 12.1 Å². The monoisotopic (exact) mass is 304 g/mol. The first kappa shape index (κ1) is 14.8. The smallest absolute Gasteiger partial charge is 0.261 e. The summed E-state index contributed by atoms with van der Waals surface area (Å²) in [5, 5.41) is 8.97. The average Bonchev–Trinajstić information content (AvgIpc) is 2.73. The number of nitrogens with two attached hydrogens (primary N) is 2. The molecule has 5 N–H and O–H groups in total. The van der Waals surface area contributed by atoms with E-state index in [0.29, 0.717) is 29.0 Å². The first-order valence-corrected chi connectivity index (χ1v) is 7.43. The highest BCUT2D eigenvalue weighted by Gasteiger charge is 2.41. The second-order valence-corrected chi connectivity index (χ2v) is 5.80. The molecule has 3 rings (SSSR count). The Hall–Kier alpha value is -2.12. The predicted octanol–water partition coefficient (Wildman–Crippen LogP) is -0.0963. The Balaban J connectivity index is 1.80. The number of β-amino-alcohol motifs (C(OH)–C–C–N with tert-alkyl or cyclic N) is 1. The Bertz CT molecular complexity index is 582. The number of amides is 2. The van der Waals surface area contributed by atoms with Crippen molar-refractivity contribution in [2.24, 2.45) is 0 Å². The van der Waals surface area contributed by atoms with Gasteiger partial charge in [0.15, 0.2) is 0 Å². The van der Waals surface area contributed by atoms with E-state index in [9.17, 15) is 9.59 Å². The highest BCUT2D eigenvalue weighted by atomic mass is 16.3. The number of carbonyl (C=O) groups is 2. The second-order valence-electron chi connectivity index (χ2n) is 5.80. The summed E-state index contributed by atoms with van der Waals surface area (Å²) in [5.41, 5.74) is 12.8. The van der Waals surface area contributed by atoms with Gasteiger partial charge in [-0.2, -0.15) is 0 Å². The number of carbonyl (C=O) groups excluding carboxylic acids is 2. The maximum Gasteiger partial charge on any atom is 0.261 e. The van der Waals surface area contributed by atoms with Crippen molar-refractivity contribution in [1.29, 1.82) is 0 Å². The second kappa shape index (κ2) is 5.58. The zero-order valence-corrected chi connectivity index (χ0v) is 12.3. The van der Waals surface area contributed by atoms with Crippen LogP contribution in [-0.2, 0) is 0 Å². The van der Waals surface area contributed by atoms with Crippen molar-refractivity contribution in [3.8, 4) is 0 Å². The number of anilines is 2. The van der Waals surface area contributed by atoms with E-state index in [2.05, 4.69) is 4.90 Å². The van der Waals surface area contributed by atoms with Gasteiger partial charge in [0.05, 0.1) is 29.1 Å². The van der Waals surface area contributed by atoms with E-state index in [-0.39, 0.29) is 24.5 Å². The summed E-state index contributed by atoms with van der Waals surface area (Å²) < 4.78 is 0. The van der Waals surface area contributed by atoms with Gasteiger partial charge >= 0.3 is 0 Å². The number of benzene rings is 1. The number of imide groups is 1. The lowest BCUT2D eigenvalue weighted by Crippen LogP contribution is -2.47. The molecular weight excluding hydrogens is 284 g/mol. The maximum atomic E-state index is 12.5. The Kier molecular flexibility index (Phi) is 3.76. The van der Waals surface area contributed by atoms with Crippen LogP contribution in [0.25, 0.3) is 0 Å². The van der Waals surface area contributed by atoms with Gasteiger partial charge < -0.3 is 21.5 Å². The van der Waals surface area contributed by atoms with Crippen LogP contribution < -0.4 is 11.5 Å². The molecule has 1 aromatic rings. The number of rotatable bonds is 3. The lowest BCUT2D eigenvalue weighted by molar-refractivity contribution is 0.0490. The standard InChI is InChI=1S/C15H20N4O3/c16-12-7-10-11(8-13(12)17)15(22)19(14(10)21)9-1-3-18(4-2-9)5-6-20/h7-9,20H,1-6,16-17H2. The summed E-state index contributed by atoms with van der Waals surface area (Å²) in [7, 11) is 0. The van der Waals surface area contributed by atoms with Crippen LogP contribution in [-0.4, -0.2) is 59.0 Å².